The summed E-state index contributed by atoms with van der Waals surface area (Å²) in [5.74, 6) is 0.102. The van der Waals surface area contributed by atoms with Crippen LogP contribution >= 0.6 is 0 Å². The lowest BCUT2D eigenvalue weighted by Crippen LogP contribution is -2.41. The summed E-state index contributed by atoms with van der Waals surface area (Å²) in [5, 5.41) is 6.80. The molecule has 3 rings (SSSR count). The van der Waals surface area contributed by atoms with Crippen LogP contribution < -0.4 is 5.32 Å². The Morgan fingerprint density at radius 2 is 1.81 bits per heavy atom. The Hall–Kier alpha value is -3.11. The number of likely N-dealkylation sites (N-methyl/N-ethyl adjacent to an activating group) is 1. The van der Waals surface area contributed by atoms with Gasteiger partial charge in [-0.3, -0.25) is 9.78 Å². The van der Waals surface area contributed by atoms with Crippen molar-refractivity contribution in [3.8, 4) is 11.4 Å². The fourth-order valence-electron chi connectivity index (χ4n) is 3.05. The van der Waals surface area contributed by atoms with Gasteiger partial charge in [-0.25, -0.2) is 8.42 Å². The van der Waals surface area contributed by atoms with Gasteiger partial charge in [-0.2, -0.15) is 9.29 Å². The summed E-state index contributed by atoms with van der Waals surface area (Å²) in [7, 11) is -2.43. The monoisotopic (exact) mass is 457 g/mol. The van der Waals surface area contributed by atoms with E-state index in [1.54, 1.807) is 42.7 Å². The molecule has 170 valence electrons. The highest BCUT2D eigenvalue weighted by molar-refractivity contribution is 7.89. The standard InChI is InChI=1S/C22H27N5O4S/c1-14(2)20(22-25-21(26-31-22)17-8-10-23-11-9-17)24-19(28)13-27(5)32(29,30)18-7-6-15(3)16(4)12-18/h6-12,14,20H,13H2,1-5H3,(H,24,28). The molecule has 0 saturated carbocycles. The molecule has 0 radical (unpaired) electrons. The van der Waals surface area contributed by atoms with Gasteiger partial charge in [0.15, 0.2) is 0 Å². The molecule has 32 heavy (non-hydrogen) atoms. The molecule has 2 aromatic heterocycles. The number of rotatable bonds is 8. The van der Waals surface area contributed by atoms with Crippen molar-refractivity contribution in [3.63, 3.8) is 0 Å². The smallest absolute Gasteiger partial charge is 0.249 e. The second-order valence-corrected chi connectivity index (χ2v) is 10.0. The van der Waals surface area contributed by atoms with Gasteiger partial charge in [-0.15, -0.1) is 0 Å². The molecule has 1 N–H and O–H groups in total. The molecule has 1 unspecified atom stereocenters. The molecule has 0 aliphatic heterocycles. The number of nitrogens with zero attached hydrogens (tertiary/aromatic N) is 4. The maximum absolute atomic E-state index is 12.9. The summed E-state index contributed by atoms with van der Waals surface area (Å²) in [6, 6.07) is 7.84. The molecule has 0 fully saturated rings. The molecule has 0 saturated heterocycles. The normalized spacial score (nSPS) is 12.8. The van der Waals surface area contributed by atoms with Gasteiger partial charge in [0.2, 0.25) is 27.6 Å². The summed E-state index contributed by atoms with van der Waals surface area (Å²) in [4.78, 5) is 21.2. The quantitative estimate of drug-likeness (QED) is 0.552. The third-order valence-corrected chi connectivity index (χ3v) is 6.98. The molecule has 0 bridgehead atoms. The number of nitrogens with one attached hydrogen (secondary N) is 1. The zero-order valence-electron chi connectivity index (χ0n) is 18.7. The van der Waals surface area contributed by atoms with Crippen LogP contribution in [0.5, 0.6) is 0 Å². The zero-order chi connectivity index (χ0) is 23.5. The van der Waals surface area contributed by atoms with E-state index in [0.717, 1.165) is 21.0 Å². The number of hydrogen-bond acceptors (Lipinski definition) is 7. The van der Waals surface area contributed by atoms with Crippen LogP contribution in [0.3, 0.4) is 0 Å². The Morgan fingerprint density at radius 1 is 1.12 bits per heavy atom. The number of hydrogen-bond donors (Lipinski definition) is 1. The number of sulfonamides is 1. The maximum atomic E-state index is 12.9. The predicted octanol–water partition coefficient (Wildman–Crippen LogP) is 2.88. The van der Waals surface area contributed by atoms with Crippen LogP contribution in [0.1, 0.15) is 36.9 Å². The largest absolute Gasteiger partial charge is 0.343 e. The van der Waals surface area contributed by atoms with Gasteiger partial charge in [0.25, 0.3) is 0 Å². The highest BCUT2D eigenvalue weighted by atomic mass is 32.2. The lowest BCUT2D eigenvalue weighted by Gasteiger charge is -2.21. The lowest BCUT2D eigenvalue weighted by molar-refractivity contribution is -0.122. The fourth-order valence-corrected chi connectivity index (χ4v) is 4.27. The lowest BCUT2D eigenvalue weighted by atomic mass is 10.0. The van der Waals surface area contributed by atoms with Gasteiger partial charge in [0.05, 0.1) is 11.4 Å². The van der Waals surface area contributed by atoms with Crippen molar-refractivity contribution in [1.29, 1.82) is 0 Å². The van der Waals surface area contributed by atoms with Crippen LogP contribution in [-0.4, -0.2) is 47.3 Å². The fraction of sp³-hybridized carbons (Fsp3) is 0.364. The number of pyridine rings is 1. The van der Waals surface area contributed by atoms with Gasteiger partial charge < -0.3 is 9.84 Å². The van der Waals surface area contributed by atoms with Gasteiger partial charge in [-0.05, 0) is 55.2 Å². The molecule has 1 aromatic carbocycles. The first-order chi connectivity index (χ1) is 15.1. The molecule has 0 aliphatic rings. The summed E-state index contributed by atoms with van der Waals surface area (Å²) in [6.45, 7) is 7.21. The molecule has 2 heterocycles. The third-order valence-electron chi connectivity index (χ3n) is 5.18. The first-order valence-corrected chi connectivity index (χ1v) is 11.6. The zero-order valence-corrected chi connectivity index (χ0v) is 19.5. The number of benzene rings is 1. The van der Waals surface area contributed by atoms with Crippen molar-refractivity contribution in [1.82, 2.24) is 24.7 Å². The predicted molar refractivity (Wildman–Crippen MR) is 119 cm³/mol. The summed E-state index contributed by atoms with van der Waals surface area (Å²) >= 11 is 0. The summed E-state index contributed by atoms with van der Waals surface area (Å²) in [5.41, 5.74) is 2.60. The van der Waals surface area contributed by atoms with E-state index in [-0.39, 0.29) is 23.2 Å². The third kappa shape index (κ3) is 5.20. The molecular formula is C22H27N5O4S. The first kappa shape index (κ1) is 23.6. The summed E-state index contributed by atoms with van der Waals surface area (Å²) < 4.78 is 32.2. The van der Waals surface area contributed by atoms with Crippen molar-refractivity contribution in [3.05, 3.63) is 59.7 Å². The average molecular weight is 458 g/mol. The number of aromatic nitrogens is 3. The van der Waals surface area contributed by atoms with E-state index < -0.39 is 22.0 Å². The molecule has 0 spiro atoms. The van der Waals surface area contributed by atoms with E-state index in [2.05, 4.69) is 20.4 Å². The maximum Gasteiger partial charge on any atom is 0.249 e. The van der Waals surface area contributed by atoms with Gasteiger partial charge in [0.1, 0.15) is 6.04 Å². The van der Waals surface area contributed by atoms with E-state index in [1.165, 1.54) is 7.05 Å². The molecule has 1 amide bonds. The number of aryl methyl sites for hydroxylation is 2. The molecule has 0 aliphatic carbocycles. The SMILES string of the molecule is Cc1ccc(S(=O)(=O)N(C)CC(=O)NC(c2nc(-c3ccncc3)no2)C(C)C)cc1C. The number of carbonyl (C=O) groups is 1. The van der Waals surface area contributed by atoms with Crippen molar-refractivity contribution < 1.29 is 17.7 Å². The molecule has 3 aromatic rings. The second kappa shape index (κ2) is 9.58. The van der Waals surface area contributed by atoms with Crippen LogP contribution in [-0.2, 0) is 14.8 Å². The Morgan fingerprint density at radius 3 is 2.44 bits per heavy atom. The van der Waals surface area contributed by atoms with Crippen LogP contribution in [0, 0.1) is 19.8 Å². The van der Waals surface area contributed by atoms with Gasteiger partial charge >= 0.3 is 0 Å². The van der Waals surface area contributed by atoms with Crippen LogP contribution in [0.25, 0.3) is 11.4 Å². The molecule has 9 nitrogen and oxygen atoms in total. The minimum atomic E-state index is -3.81. The van der Waals surface area contributed by atoms with Gasteiger partial charge in [-0.1, -0.05) is 25.1 Å². The highest BCUT2D eigenvalue weighted by Gasteiger charge is 2.28. The van der Waals surface area contributed by atoms with E-state index in [9.17, 15) is 13.2 Å². The average Bonchev–Trinajstić information content (AvgIpc) is 3.24. The molecular weight excluding hydrogens is 430 g/mol. The Kier molecular flexibility index (Phi) is 7.05. The summed E-state index contributed by atoms with van der Waals surface area (Å²) in [6.07, 6.45) is 3.25. The van der Waals surface area contributed by atoms with E-state index in [0.29, 0.717) is 5.82 Å². The Balaban J connectivity index is 1.72. The van der Waals surface area contributed by atoms with Crippen molar-refractivity contribution in [2.75, 3.05) is 13.6 Å². The van der Waals surface area contributed by atoms with Crippen molar-refractivity contribution in [2.45, 2.75) is 38.6 Å². The second-order valence-electron chi connectivity index (χ2n) is 7.99. The minimum absolute atomic E-state index is 0.0636. The number of carbonyl (C=O) groups excluding carboxylic acids is 1. The topological polar surface area (TPSA) is 118 Å². The minimum Gasteiger partial charge on any atom is -0.343 e. The van der Waals surface area contributed by atoms with Crippen LogP contribution in [0.2, 0.25) is 0 Å². The van der Waals surface area contributed by atoms with Crippen LogP contribution in [0.4, 0.5) is 0 Å². The highest BCUT2D eigenvalue weighted by Crippen LogP contribution is 2.24. The van der Waals surface area contributed by atoms with Crippen molar-refractivity contribution in [2.24, 2.45) is 5.92 Å². The van der Waals surface area contributed by atoms with E-state index >= 15 is 0 Å². The first-order valence-electron chi connectivity index (χ1n) is 10.2. The van der Waals surface area contributed by atoms with E-state index in [4.69, 9.17) is 4.52 Å². The Labute approximate surface area is 187 Å². The van der Waals surface area contributed by atoms with Crippen molar-refractivity contribution >= 4 is 15.9 Å². The van der Waals surface area contributed by atoms with Crippen LogP contribution in [0.15, 0.2) is 52.1 Å². The molecule has 1 atom stereocenters. The van der Waals surface area contributed by atoms with Gasteiger partial charge in [0, 0.05) is 25.0 Å². The Bertz CT molecular complexity index is 1190. The van der Waals surface area contributed by atoms with E-state index in [1.807, 2.05) is 27.7 Å². The molecule has 10 heteroatoms. The number of amides is 1.